The molecule has 1 fully saturated rings. The Morgan fingerprint density at radius 3 is 2.94 bits per heavy atom. The number of carbonyl (C=O) groups is 1. The fourth-order valence-corrected chi connectivity index (χ4v) is 2.25. The summed E-state index contributed by atoms with van der Waals surface area (Å²) in [6, 6.07) is 10.3. The zero-order valence-electron chi connectivity index (χ0n) is 10.8. The second-order valence-corrected chi connectivity index (χ2v) is 4.44. The summed E-state index contributed by atoms with van der Waals surface area (Å²) in [6.45, 7) is 5.06. The normalized spacial score (nSPS) is 19.9. The van der Waals surface area contributed by atoms with E-state index in [1.807, 2.05) is 25.1 Å². The first kappa shape index (κ1) is 13.1. The molecule has 0 spiro atoms. The third kappa shape index (κ3) is 3.55. The minimum Gasteiger partial charge on any atom is -0.466 e. The third-order valence-corrected chi connectivity index (χ3v) is 3.11. The maximum Gasteiger partial charge on any atom is 0.308 e. The summed E-state index contributed by atoms with van der Waals surface area (Å²) in [4.78, 5) is 13.8. The Hall–Kier alpha value is -1.39. The van der Waals surface area contributed by atoms with Gasteiger partial charge in [0.25, 0.3) is 0 Å². The highest BCUT2D eigenvalue weighted by atomic mass is 16.5. The lowest BCUT2D eigenvalue weighted by molar-refractivity contribution is -0.144. The minimum atomic E-state index is -0.130. The van der Waals surface area contributed by atoms with E-state index in [0.717, 1.165) is 19.6 Å². The molecule has 0 bridgehead atoms. The van der Waals surface area contributed by atoms with Crippen LogP contribution >= 0.6 is 0 Å². The molecule has 4 nitrogen and oxygen atoms in total. The molecule has 18 heavy (non-hydrogen) atoms. The standard InChI is InChI=1S/C14H20N2O2/c1-2-18-14(17)10-13-15-8-9-16(13)11-12-6-4-3-5-7-12/h3-7,13,15H,2,8-11H2,1H3. The quantitative estimate of drug-likeness (QED) is 0.799. The summed E-state index contributed by atoms with van der Waals surface area (Å²) in [5, 5.41) is 3.34. The number of esters is 1. The van der Waals surface area contributed by atoms with E-state index in [2.05, 4.69) is 22.3 Å². The smallest absolute Gasteiger partial charge is 0.308 e. The van der Waals surface area contributed by atoms with Gasteiger partial charge in [-0.15, -0.1) is 0 Å². The molecule has 0 aromatic heterocycles. The van der Waals surface area contributed by atoms with Crippen molar-refractivity contribution in [2.75, 3.05) is 19.7 Å². The van der Waals surface area contributed by atoms with Crippen LogP contribution in [0.25, 0.3) is 0 Å². The summed E-state index contributed by atoms with van der Waals surface area (Å²) < 4.78 is 5.00. The van der Waals surface area contributed by atoms with E-state index >= 15 is 0 Å². The van der Waals surface area contributed by atoms with Gasteiger partial charge in [-0.1, -0.05) is 30.3 Å². The van der Waals surface area contributed by atoms with Crippen LogP contribution in [-0.4, -0.2) is 36.7 Å². The van der Waals surface area contributed by atoms with Crippen molar-refractivity contribution >= 4 is 5.97 Å². The van der Waals surface area contributed by atoms with Gasteiger partial charge in [-0.25, -0.2) is 0 Å². The topological polar surface area (TPSA) is 41.6 Å². The first-order valence-corrected chi connectivity index (χ1v) is 6.46. The van der Waals surface area contributed by atoms with Crippen molar-refractivity contribution in [2.45, 2.75) is 26.1 Å². The van der Waals surface area contributed by atoms with Gasteiger partial charge in [0.1, 0.15) is 0 Å². The van der Waals surface area contributed by atoms with E-state index in [9.17, 15) is 4.79 Å². The predicted octanol–water partition coefficient (Wildman–Crippen LogP) is 1.37. The van der Waals surface area contributed by atoms with Crippen LogP contribution in [0.3, 0.4) is 0 Å². The van der Waals surface area contributed by atoms with Crippen LogP contribution in [0.4, 0.5) is 0 Å². The number of nitrogens with zero attached hydrogens (tertiary/aromatic N) is 1. The van der Waals surface area contributed by atoms with Crippen molar-refractivity contribution in [1.29, 1.82) is 0 Å². The van der Waals surface area contributed by atoms with Crippen molar-refractivity contribution in [1.82, 2.24) is 10.2 Å². The van der Waals surface area contributed by atoms with Gasteiger partial charge in [0, 0.05) is 19.6 Å². The number of nitrogens with one attached hydrogen (secondary N) is 1. The lowest BCUT2D eigenvalue weighted by Crippen LogP contribution is -2.37. The van der Waals surface area contributed by atoms with Gasteiger partial charge in [-0.2, -0.15) is 0 Å². The Morgan fingerprint density at radius 1 is 1.44 bits per heavy atom. The van der Waals surface area contributed by atoms with Gasteiger partial charge in [0.05, 0.1) is 19.2 Å². The average Bonchev–Trinajstić information content (AvgIpc) is 2.78. The van der Waals surface area contributed by atoms with Gasteiger partial charge in [-0.3, -0.25) is 15.0 Å². The fourth-order valence-electron chi connectivity index (χ4n) is 2.25. The summed E-state index contributed by atoms with van der Waals surface area (Å²) in [5.74, 6) is -0.130. The number of ether oxygens (including phenoxy) is 1. The molecule has 0 radical (unpaired) electrons. The van der Waals surface area contributed by atoms with E-state index < -0.39 is 0 Å². The van der Waals surface area contributed by atoms with Crippen molar-refractivity contribution in [3.05, 3.63) is 35.9 Å². The molecule has 1 N–H and O–H groups in total. The van der Waals surface area contributed by atoms with Gasteiger partial charge in [0.2, 0.25) is 0 Å². The number of benzene rings is 1. The Bertz CT molecular complexity index is 381. The monoisotopic (exact) mass is 248 g/mol. The maximum absolute atomic E-state index is 11.5. The van der Waals surface area contributed by atoms with Crippen LogP contribution in [0.1, 0.15) is 18.9 Å². The molecule has 1 aliphatic heterocycles. The van der Waals surface area contributed by atoms with E-state index in [0.29, 0.717) is 13.0 Å². The van der Waals surface area contributed by atoms with E-state index in [1.165, 1.54) is 5.56 Å². The highest BCUT2D eigenvalue weighted by Gasteiger charge is 2.26. The van der Waals surface area contributed by atoms with Gasteiger partial charge >= 0.3 is 5.97 Å². The highest BCUT2D eigenvalue weighted by molar-refractivity contribution is 5.70. The molecule has 0 amide bonds. The molecule has 1 saturated heterocycles. The summed E-state index contributed by atoms with van der Waals surface area (Å²) in [7, 11) is 0. The Labute approximate surface area is 108 Å². The molecular formula is C14H20N2O2. The SMILES string of the molecule is CCOC(=O)CC1NCCN1Cc1ccccc1. The van der Waals surface area contributed by atoms with Crippen molar-refractivity contribution < 1.29 is 9.53 Å². The minimum absolute atomic E-state index is 0.101. The van der Waals surface area contributed by atoms with Crippen LogP contribution in [0, 0.1) is 0 Å². The van der Waals surface area contributed by atoms with Crippen molar-refractivity contribution in [3.63, 3.8) is 0 Å². The summed E-state index contributed by atoms with van der Waals surface area (Å²) in [5.41, 5.74) is 1.27. The maximum atomic E-state index is 11.5. The molecule has 2 rings (SSSR count). The van der Waals surface area contributed by atoms with E-state index in [1.54, 1.807) is 0 Å². The van der Waals surface area contributed by atoms with Crippen LogP contribution in [0.2, 0.25) is 0 Å². The number of hydrogen-bond acceptors (Lipinski definition) is 4. The second kappa shape index (κ2) is 6.52. The molecule has 1 aromatic rings. The lowest BCUT2D eigenvalue weighted by Gasteiger charge is -2.23. The summed E-state index contributed by atoms with van der Waals surface area (Å²) >= 11 is 0. The van der Waals surface area contributed by atoms with Crippen LogP contribution < -0.4 is 5.32 Å². The first-order valence-electron chi connectivity index (χ1n) is 6.46. The number of hydrogen-bond donors (Lipinski definition) is 1. The zero-order chi connectivity index (χ0) is 12.8. The largest absolute Gasteiger partial charge is 0.466 e. The molecule has 98 valence electrons. The predicted molar refractivity (Wildman–Crippen MR) is 69.9 cm³/mol. The van der Waals surface area contributed by atoms with Crippen molar-refractivity contribution in [2.24, 2.45) is 0 Å². The second-order valence-electron chi connectivity index (χ2n) is 4.44. The van der Waals surface area contributed by atoms with Crippen LogP contribution in [-0.2, 0) is 16.1 Å². The van der Waals surface area contributed by atoms with Gasteiger partial charge < -0.3 is 4.74 Å². The number of carbonyl (C=O) groups excluding carboxylic acids is 1. The molecule has 1 atom stereocenters. The Morgan fingerprint density at radius 2 is 2.22 bits per heavy atom. The molecule has 1 aromatic carbocycles. The molecule has 1 unspecified atom stereocenters. The summed E-state index contributed by atoms with van der Waals surface area (Å²) in [6.07, 6.45) is 0.518. The fraction of sp³-hybridized carbons (Fsp3) is 0.500. The Balaban J connectivity index is 1.89. The first-order chi connectivity index (χ1) is 8.79. The highest BCUT2D eigenvalue weighted by Crippen LogP contribution is 2.13. The van der Waals surface area contributed by atoms with Crippen molar-refractivity contribution in [3.8, 4) is 0 Å². The lowest BCUT2D eigenvalue weighted by atomic mass is 10.2. The average molecular weight is 248 g/mol. The molecule has 4 heteroatoms. The molecule has 1 heterocycles. The van der Waals surface area contributed by atoms with Gasteiger partial charge in [-0.05, 0) is 12.5 Å². The van der Waals surface area contributed by atoms with E-state index in [-0.39, 0.29) is 12.1 Å². The Kier molecular flexibility index (Phi) is 4.73. The zero-order valence-corrected chi connectivity index (χ0v) is 10.8. The third-order valence-electron chi connectivity index (χ3n) is 3.11. The van der Waals surface area contributed by atoms with Crippen LogP contribution in [0.5, 0.6) is 0 Å². The molecule has 0 saturated carbocycles. The van der Waals surface area contributed by atoms with Gasteiger partial charge in [0.15, 0.2) is 0 Å². The molecular weight excluding hydrogens is 228 g/mol. The number of rotatable bonds is 5. The molecule has 1 aliphatic rings. The van der Waals surface area contributed by atoms with Crippen LogP contribution in [0.15, 0.2) is 30.3 Å². The van der Waals surface area contributed by atoms with E-state index in [4.69, 9.17) is 4.74 Å². The molecule has 0 aliphatic carbocycles.